The summed E-state index contributed by atoms with van der Waals surface area (Å²) in [5.41, 5.74) is 10.5. The third-order valence-corrected chi connectivity index (χ3v) is 8.94. The molecule has 2 heterocycles. The maximum Gasteiger partial charge on any atom is 0.134 e. The third-order valence-electron chi connectivity index (χ3n) is 8.03. The molecule has 0 aliphatic rings. The van der Waals surface area contributed by atoms with Crippen molar-refractivity contribution in [3.05, 3.63) is 130 Å². The highest BCUT2D eigenvalue weighted by molar-refractivity contribution is 7.10. The Morgan fingerprint density at radius 2 is 1.38 bits per heavy atom. The highest BCUT2D eigenvalue weighted by atomic mass is 32.1. The fourth-order valence-electron chi connectivity index (χ4n) is 5.92. The van der Waals surface area contributed by atoms with Crippen LogP contribution in [-0.4, -0.2) is 4.98 Å². The largest absolute Gasteiger partial charge is 0.460 e. The van der Waals surface area contributed by atoms with E-state index in [4.69, 9.17) is 9.40 Å². The average Bonchev–Trinajstić information content (AvgIpc) is 3.64. The Hall–Kier alpha value is -4.15. The predicted molar refractivity (Wildman–Crippen MR) is 179 cm³/mol. The summed E-state index contributed by atoms with van der Waals surface area (Å²) in [7, 11) is 0. The van der Waals surface area contributed by atoms with Crippen LogP contribution in [0, 0.1) is 0 Å². The van der Waals surface area contributed by atoms with Crippen LogP contribution in [0.15, 0.2) is 107 Å². The molecule has 212 valence electrons. The van der Waals surface area contributed by atoms with Gasteiger partial charge in [-0.1, -0.05) is 126 Å². The van der Waals surface area contributed by atoms with E-state index in [1.165, 1.54) is 33.5 Å². The van der Waals surface area contributed by atoms with E-state index >= 15 is 0 Å². The normalized spacial score (nSPS) is 12.4. The molecule has 0 bridgehead atoms. The zero-order chi connectivity index (χ0) is 29.2. The molecule has 4 aromatic carbocycles. The van der Waals surface area contributed by atoms with Crippen molar-refractivity contribution < 1.29 is 4.42 Å². The molecule has 42 heavy (non-hydrogen) atoms. The molecule has 3 nitrogen and oxygen atoms in total. The topological polar surface area (TPSA) is 38.1 Å². The average molecular weight is 571 g/mol. The van der Waals surface area contributed by atoms with Crippen LogP contribution < -0.4 is 5.32 Å². The Bertz CT molecular complexity index is 1790. The minimum atomic E-state index is -0.138. The number of nitrogens with one attached hydrogen (secondary N) is 1. The lowest BCUT2D eigenvalue weighted by atomic mass is 9.90. The maximum atomic E-state index is 6.26. The van der Waals surface area contributed by atoms with Gasteiger partial charge in [0.15, 0.2) is 0 Å². The Balaban J connectivity index is 1.55. The van der Waals surface area contributed by atoms with Gasteiger partial charge < -0.3 is 9.73 Å². The number of anilines is 1. The molecule has 0 spiro atoms. The van der Waals surface area contributed by atoms with E-state index < -0.39 is 0 Å². The van der Waals surface area contributed by atoms with Crippen LogP contribution in [0.25, 0.3) is 33.4 Å². The van der Waals surface area contributed by atoms with Crippen LogP contribution in [0.4, 0.5) is 5.69 Å². The summed E-state index contributed by atoms with van der Waals surface area (Å²) >= 11 is 1.71. The van der Waals surface area contributed by atoms with Crippen molar-refractivity contribution in [1.82, 2.24) is 4.98 Å². The zero-order valence-electron chi connectivity index (χ0n) is 25.0. The summed E-state index contributed by atoms with van der Waals surface area (Å²) in [6.07, 6.45) is 0.814. The second kappa shape index (κ2) is 12.0. The van der Waals surface area contributed by atoms with Crippen LogP contribution in [0.2, 0.25) is 0 Å². The van der Waals surface area contributed by atoms with E-state index in [2.05, 4.69) is 130 Å². The van der Waals surface area contributed by atoms with E-state index in [9.17, 15) is 0 Å². The number of rotatable bonds is 9. The molecule has 0 fully saturated rings. The number of hydrogen-bond donors (Lipinski definition) is 1. The molecule has 0 saturated heterocycles. The van der Waals surface area contributed by atoms with E-state index in [0.29, 0.717) is 11.8 Å². The first-order valence-electron chi connectivity index (χ1n) is 15.0. The number of thiazole rings is 1. The predicted octanol–water partition coefficient (Wildman–Crippen LogP) is 11.2. The smallest absolute Gasteiger partial charge is 0.134 e. The van der Waals surface area contributed by atoms with Crippen LogP contribution in [0.3, 0.4) is 0 Å². The molecule has 0 amide bonds. The summed E-state index contributed by atoms with van der Waals surface area (Å²) in [4.78, 5) is 5.36. The van der Waals surface area contributed by atoms with E-state index in [1.54, 1.807) is 11.3 Å². The number of para-hydroxylation sites is 2. The molecule has 1 unspecified atom stereocenters. The number of nitrogens with zero attached hydrogens (tertiary/aromatic N) is 1. The van der Waals surface area contributed by atoms with Crippen molar-refractivity contribution in [2.24, 2.45) is 0 Å². The summed E-state index contributed by atoms with van der Waals surface area (Å²) in [5.74, 6) is 1.74. The lowest BCUT2D eigenvalue weighted by Crippen LogP contribution is -2.17. The van der Waals surface area contributed by atoms with E-state index in [0.717, 1.165) is 39.4 Å². The molecule has 0 radical (unpaired) electrons. The molecule has 6 aromatic rings. The van der Waals surface area contributed by atoms with Gasteiger partial charge in [-0.15, -0.1) is 11.3 Å². The van der Waals surface area contributed by atoms with Gasteiger partial charge in [0, 0.05) is 22.9 Å². The summed E-state index contributed by atoms with van der Waals surface area (Å²) in [5, 5.41) is 8.42. The highest BCUT2D eigenvalue weighted by Crippen LogP contribution is 2.42. The van der Waals surface area contributed by atoms with Crippen molar-refractivity contribution in [2.75, 3.05) is 5.32 Å². The highest BCUT2D eigenvalue weighted by Gasteiger charge is 2.26. The Morgan fingerprint density at radius 1 is 0.738 bits per heavy atom. The van der Waals surface area contributed by atoms with Crippen molar-refractivity contribution >= 4 is 28.0 Å². The standard InChI is InChI=1S/C38H38N2OS/c1-6-33-35(31-19-12-13-22-34(31)41-33)32-23-42-38(39-32)37(30-18-11-10-17-29(30)26-15-8-7-9-16-26)40-36-27(24(2)3)20-14-21-28(36)25(4)5/h7-25,37,40H,6H2,1-5H3. The summed E-state index contributed by atoms with van der Waals surface area (Å²) < 4.78 is 6.26. The number of aryl methyl sites for hydroxylation is 1. The van der Waals surface area contributed by atoms with Crippen LogP contribution in [-0.2, 0) is 6.42 Å². The zero-order valence-corrected chi connectivity index (χ0v) is 25.8. The first-order valence-corrected chi connectivity index (χ1v) is 15.8. The van der Waals surface area contributed by atoms with Gasteiger partial charge in [-0.2, -0.15) is 0 Å². The van der Waals surface area contributed by atoms with Crippen molar-refractivity contribution in [3.63, 3.8) is 0 Å². The number of hydrogen-bond acceptors (Lipinski definition) is 4. The Morgan fingerprint density at radius 3 is 2.10 bits per heavy atom. The van der Waals surface area contributed by atoms with Crippen molar-refractivity contribution in [3.8, 4) is 22.4 Å². The van der Waals surface area contributed by atoms with E-state index in [-0.39, 0.29) is 6.04 Å². The van der Waals surface area contributed by atoms with Crippen LogP contribution >= 0.6 is 11.3 Å². The van der Waals surface area contributed by atoms with E-state index in [1.807, 2.05) is 12.1 Å². The van der Waals surface area contributed by atoms with Gasteiger partial charge in [-0.25, -0.2) is 4.98 Å². The molecule has 1 atom stereocenters. The minimum Gasteiger partial charge on any atom is -0.460 e. The fraction of sp³-hybridized carbons (Fsp3) is 0.237. The molecule has 0 aliphatic heterocycles. The maximum absolute atomic E-state index is 6.26. The van der Waals surface area contributed by atoms with Gasteiger partial charge in [0.2, 0.25) is 0 Å². The lowest BCUT2D eigenvalue weighted by Gasteiger charge is -2.27. The van der Waals surface area contributed by atoms with Crippen LogP contribution in [0.1, 0.15) is 80.0 Å². The molecule has 0 saturated carbocycles. The molecule has 4 heteroatoms. The number of furan rings is 1. The SMILES string of the molecule is CCc1oc2ccccc2c1-c1csc(C(Nc2c(C(C)C)cccc2C(C)C)c2ccccc2-c2ccccc2)n1. The van der Waals surface area contributed by atoms with Crippen molar-refractivity contribution in [2.45, 2.75) is 58.9 Å². The quantitative estimate of drug-likeness (QED) is 0.188. The molecule has 1 N–H and O–H groups in total. The van der Waals surface area contributed by atoms with Gasteiger partial charge in [0.1, 0.15) is 22.4 Å². The fourth-order valence-corrected chi connectivity index (χ4v) is 6.80. The minimum absolute atomic E-state index is 0.138. The molecular weight excluding hydrogens is 532 g/mol. The van der Waals surface area contributed by atoms with Gasteiger partial charge in [0.05, 0.1) is 11.3 Å². The lowest BCUT2D eigenvalue weighted by molar-refractivity contribution is 0.558. The molecular formula is C38H38N2OS. The van der Waals surface area contributed by atoms with Gasteiger partial charge in [-0.3, -0.25) is 0 Å². The van der Waals surface area contributed by atoms with Gasteiger partial charge in [0.25, 0.3) is 0 Å². The monoisotopic (exact) mass is 570 g/mol. The molecule has 6 rings (SSSR count). The van der Waals surface area contributed by atoms with Gasteiger partial charge >= 0.3 is 0 Å². The number of benzene rings is 4. The third kappa shape index (κ3) is 5.28. The molecule has 0 aliphatic carbocycles. The van der Waals surface area contributed by atoms with Crippen molar-refractivity contribution in [1.29, 1.82) is 0 Å². The van der Waals surface area contributed by atoms with Crippen LogP contribution in [0.5, 0.6) is 0 Å². The summed E-state index contributed by atoms with van der Waals surface area (Å²) in [6.45, 7) is 11.2. The summed E-state index contributed by atoms with van der Waals surface area (Å²) in [6, 6.07) is 34.3. The molecule has 2 aromatic heterocycles. The Labute approximate surface area is 253 Å². The van der Waals surface area contributed by atoms with Gasteiger partial charge in [-0.05, 0) is 45.7 Å². The first kappa shape index (κ1) is 28.0. The Kier molecular flexibility index (Phi) is 7.99. The second-order valence-corrected chi connectivity index (χ2v) is 12.4. The number of fused-ring (bicyclic) bond motifs is 1. The second-order valence-electron chi connectivity index (χ2n) is 11.5. The number of aromatic nitrogens is 1. The first-order chi connectivity index (χ1) is 20.5.